The van der Waals surface area contributed by atoms with Gasteiger partial charge in [0.25, 0.3) is 0 Å². The van der Waals surface area contributed by atoms with Crippen molar-refractivity contribution in [1.29, 1.82) is 0 Å². The van der Waals surface area contributed by atoms with E-state index in [4.69, 9.17) is 4.74 Å². The lowest BCUT2D eigenvalue weighted by molar-refractivity contribution is -0.139. The molecule has 2 aliphatic rings. The summed E-state index contributed by atoms with van der Waals surface area (Å²) in [5, 5.41) is 2.77. The van der Waals surface area contributed by atoms with Crippen LogP contribution in [0.5, 0.6) is 5.88 Å². The molecule has 0 radical (unpaired) electrons. The van der Waals surface area contributed by atoms with Crippen LogP contribution in [0.2, 0.25) is 0 Å². The molecule has 1 aromatic heterocycles. The first-order valence-corrected chi connectivity index (χ1v) is 7.95. The molecule has 1 atom stereocenters. The van der Waals surface area contributed by atoms with Crippen molar-refractivity contribution in [2.75, 3.05) is 19.6 Å². The quantitative estimate of drug-likeness (QED) is 0.875. The van der Waals surface area contributed by atoms with Gasteiger partial charge in [0.1, 0.15) is 12.3 Å². The van der Waals surface area contributed by atoms with Crippen molar-refractivity contribution in [3.05, 3.63) is 6.20 Å². The fourth-order valence-corrected chi connectivity index (χ4v) is 3.13. The topological polar surface area (TPSA) is 84.4 Å². The molecule has 0 bridgehead atoms. The summed E-state index contributed by atoms with van der Waals surface area (Å²) < 4.78 is 13.7. The van der Waals surface area contributed by atoms with E-state index in [1.165, 1.54) is 0 Å². The highest BCUT2D eigenvalue weighted by Crippen LogP contribution is 2.21. The third-order valence-corrected chi connectivity index (χ3v) is 4.46. The predicted octanol–water partition coefficient (Wildman–Crippen LogP) is 0.434. The minimum atomic E-state index is -0.0668. The van der Waals surface area contributed by atoms with Crippen LogP contribution in [0.1, 0.15) is 25.7 Å². The average Bonchev–Trinajstić information content (AvgIpc) is 3.01. The first-order chi connectivity index (χ1) is 10.2. The maximum absolute atomic E-state index is 12.4. The number of hydrogen-bond donors (Lipinski definition) is 1. The Balaban J connectivity index is 1.46. The summed E-state index contributed by atoms with van der Waals surface area (Å²) in [6.45, 7) is 1.87. The minimum Gasteiger partial charge on any atom is -0.472 e. The summed E-state index contributed by atoms with van der Waals surface area (Å²) in [7, 11) is 0. The van der Waals surface area contributed by atoms with Crippen LogP contribution in [0, 0.1) is 5.92 Å². The first kappa shape index (κ1) is 14.2. The Morgan fingerprint density at radius 2 is 2.19 bits per heavy atom. The van der Waals surface area contributed by atoms with Crippen LogP contribution in [-0.2, 0) is 9.59 Å². The fraction of sp³-hybridized carbons (Fsp3) is 0.692. The Morgan fingerprint density at radius 3 is 2.81 bits per heavy atom. The number of nitrogens with zero attached hydrogens (tertiary/aromatic N) is 3. The Bertz CT molecular complexity index is 490. The van der Waals surface area contributed by atoms with Crippen molar-refractivity contribution < 1.29 is 14.3 Å². The minimum absolute atomic E-state index is 0.0445. The van der Waals surface area contributed by atoms with Gasteiger partial charge in [-0.3, -0.25) is 9.59 Å². The number of ether oxygens (including phenoxy) is 1. The van der Waals surface area contributed by atoms with Crippen molar-refractivity contribution in [2.45, 2.75) is 31.8 Å². The Kier molecular flexibility index (Phi) is 4.33. The molecule has 7 nitrogen and oxygen atoms in total. The van der Waals surface area contributed by atoms with Crippen LogP contribution < -0.4 is 10.1 Å². The molecule has 3 rings (SSSR count). The van der Waals surface area contributed by atoms with Gasteiger partial charge in [-0.15, -0.1) is 4.37 Å². The third kappa shape index (κ3) is 3.49. The van der Waals surface area contributed by atoms with Crippen molar-refractivity contribution in [1.82, 2.24) is 19.0 Å². The standard InChI is InChI=1S/C13H18N4O3S/c18-11-2-1-9(7-14-11)13(19)17-5-3-10(4-6-17)20-12-8-15-21-16-12/h8-10H,1-7H2,(H,14,18). The summed E-state index contributed by atoms with van der Waals surface area (Å²) in [5.41, 5.74) is 0. The lowest BCUT2D eigenvalue weighted by Gasteiger charge is -2.34. The maximum Gasteiger partial charge on any atom is 0.245 e. The number of nitrogens with one attached hydrogen (secondary N) is 1. The molecule has 0 saturated carbocycles. The van der Waals surface area contributed by atoms with Crippen molar-refractivity contribution >= 4 is 23.5 Å². The van der Waals surface area contributed by atoms with Crippen molar-refractivity contribution in [2.24, 2.45) is 5.92 Å². The van der Waals surface area contributed by atoms with Crippen LogP contribution >= 0.6 is 11.7 Å². The lowest BCUT2D eigenvalue weighted by Crippen LogP contribution is -2.48. The van der Waals surface area contributed by atoms with Gasteiger partial charge in [0.05, 0.1) is 17.6 Å². The molecule has 114 valence electrons. The first-order valence-electron chi connectivity index (χ1n) is 7.22. The number of piperidine rings is 2. The van der Waals surface area contributed by atoms with E-state index in [2.05, 4.69) is 14.1 Å². The normalized spacial score (nSPS) is 23.7. The zero-order valence-corrected chi connectivity index (χ0v) is 12.5. The predicted molar refractivity (Wildman–Crippen MR) is 75.9 cm³/mol. The summed E-state index contributed by atoms with van der Waals surface area (Å²) in [6, 6.07) is 0. The zero-order valence-electron chi connectivity index (χ0n) is 11.7. The number of rotatable bonds is 3. The third-order valence-electron chi connectivity index (χ3n) is 4.00. The van der Waals surface area contributed by atoms with Crippen LogP contribution in [0.3, 0.4) is 0 Å². The molecule has 8 heteroatoms. The van der Waals surface area contributed by atoms with E-state index in [1.54, 1.807) is 6.20 Å². The molecule has 2 fully saturated rings. The van der Waals surface area contributed by atoms with Gasteiger partial charge in [-0.05, 0) is 6.42 Å². The lowest BCUT2D eigenvalue weighted by atomic mass is 9.96. The highest BCUT2D eigenvalue weighted by molar-refractivity contribution is 6.99. The second-order valence-corrected chi connectivity index (χ2v) is 5.98. The van der Waals surface area contributed by atoms with E-state index in [1.807, 2.05) is 4.90 Å². The average molecular weight is 310 g/mol. The van der Waals surface area contributed by atoms with Gasteiger partial charge in [-0.1, -0.05) is 0 Å². The maximum atomic E-state index is 12.4. The van der Waals surface area contributed by atoms with E-state index in [0.717, 1.165) is 24.6 Å². The van der Waals surface area contributed by atoms with Gasteiger partial charge < -0.3 is 15.0 Å². The Hall–Kier alpha value is -1.70. The number of likely N-dealkylation sites (tertiary alicyclic amines) is 1. The molecule has 0 aromatic carbocycles. The summed E-state index contributed by atoms with van der Waals surface area (Å²) in [4.78, 5) is 25.4. The second-order valence-electron chi connectivity index (χ2n) is 5.43. The molecule has 2 aliphatic heterocycles. The largest absolute Gasteiger partial charge is 0.472 e. The van der Waals surface area contributed by atoms with Crippen LogP contribution in [-0.4, -0.2) is 51.2 Å². The molecule has 2 amide bonds. The molecule has 0 spiro atoms. The number of carbonyl (C=O) groups is 2. The number of carbonyl (C=O) groups excluding carboxylic acids is 2. The van der Waals surface area contributed by atoms with E-state index >= 15 is 0 Å². The molecular weight excluding hydrogens is 292 g/mol. The molecule has 3 heterocycles. The summed E-state index contributed by atoms with van der Waals surface area (Å²) in [6.07, 6.45) is 4.44. The van der Waals surface area contributed by atoms with E-state index in [0.29, 0.717) is 38.4 Å². The monoisotopic (exact) mass is 310 g/mol. The van der Waals surface area contributed by atoms with Gasteiger partial charge in [-0.25, -0.2) is 0 Å². The SMILES string of the molecule is O=C1CCC(C(=O)N2CCC(Oc3cnsn3)CC2)CN1. The fourth-order valence-electron chi connectivity index (χ4n) is 2.77. The van der Waals surface area contributed by atoms with E-state index < -0.39 is 0 Å². The Morgan fingerprint density at radius 1 is 1.38 bits per heavy atom. The molecule has 0 aliphatic carbocycles. The van der Waals surface area contributed by atoms with Crippen LogP contribution in [0.15, 0.2) is 6.20 Å². The Labute approximate surface area is 127 Å². The van der Waals surface area contributed by atoms with E-state index in [-0.39, 0.29) is 23.8 Å². The summed E-state index contributed by atoms with van der Waals surface area (Å²) in [5.74, 6) is 0.703. The zero-order chi connectivity index (χ0) is 14.7. The van der Waals surface area contributed by atoms with Crippen LogP contribution in [0.4, 0.5) is 0 Å². The molecule has 21 heavy (non-hydrogen) atoms. The van der Waals surface area contributed by atoms with Gasteiger partial charge in [0.15, 0.2) is 0 Å². The smallest absolute Gasteiger partial charge is 0.245 e. The van der Waals surface area contributed by atoms with Crippen molar-refractivity contribution in [3.63, 3.8) is 0 Å². The number of hydrogen-bond acceptors (Lipinski definition) is 6. The van der Waals surface area contributed by atoms with Gasteiger partial charge in [0, 0.05) is 38.9 Å². The second kappa shape index (κ2) is 6.38. The van der Waals surface area contributed by atoms with Crippen LogP contribution in [0.25, 0.3) is 0 Å². The van der Waals surface area contributed by atoms with Gasteiger partial charge in [-0.2, -0.15) is 4.37 Å². The highest BCUT2D eigenvalue weighted by atomic mass is 32.1. The van der Waals surface area contributed by atoms with Crippen molar-refractivity contribution in [3.8, 4) is 5.88 Å². The molecular formula is C13H18N4O3S. The molecule has 1 N–H and O–H groups in total. The number of aromatic nitrogens is 2. The summed E-state index contributed by atoms with van der Waals surface area (Å²) >= 11 is 1.13. The molecule has 1 unspecified atom stereocenters. The van der Waals surface area contributed by atoms with E-state index in [9.17, 15) is 9.59 Å². The molecule has 1 aromatic rings. The highest BCUT2D eigenvalue weighted by Gasteiger charge is 2.31. The number of amides is 2. The molecule has 2 saturated heterocycles. The van der Waals surface area contributed by atoms with Gasteiger partial charge in [0.2, 0.25) is 17.7 Å². The van der Waals surface area contributed by atoms with Gasteiger partial charge >= 0.3 is 0 Å².